The second kappa shape index (κ2) is 12.4. The third-order valence-corrected chi connectivity index (χ3v) is 25.1. The van der Waals surface area contributed by atoms with E-state index in [1.165, 1.54) is 22.3 Å². The molecule has 0 aromatic heterocycles. The number of hydrogen-bond donors (Lipinski definition) is 0. The zero-order valence-corrected chi connectivity index (χ0v) is 28.2. The number of halogens is 2. The number of rotatable bonds is 0. The molecule has 0 N–H and O–H groups in total. The molecule has 2 rings (SSSR count). The molecule has 0 nitrogen and oxygen atoms in total. The van der Waals surface area contributed by atoms with Crippen molar-refractivity contribution < 1.29 is 18.0 Å². The second-order valence-corrected chi connectivity index (χ2v) is 36.0. The Hall–Kier alpha value is 0.380. The van der Waals surface area contributed by atoms with Crippen LogP contribution < -0.4 is 0 Å². The van der Waals surface area contributed by atoms with Gasteiger partial charge in [0.15, 0.2) is 0 Å². The minimum absolute atomic E-state index is 0.224. The Morgan fingerprint density at radius 2 is 0.844 bits per heavy atom. The van der Waals surface area contributed by atoms with Crippen molar-refractivity contribution in [3.8, 4) is 0 Å². The van der Waals surface area contributed by atoms with Crippen LogP contribution in [0.1, 0.15) is 105 Å². The van der Waals surface area contributed by atoms with Crippen LogP contribution in [0.2, 0.25) is 13.1 Å². The van der Waals surface area contributed by atoms with E-state index in [2.05, 4.69) is 133 Å². The second-order valence-electron chi connectivity index (χ2n) is 13.0. The average Bonchev–Trinajstić information content (AvgIpc) is 3.24. The fourth-order valence-electron chi connectivity index (χ4n) is 2.75. The van der Waals surface area contributed by atoms with E-state index < -0.39 is 18.0 Å². The molecular weight excluding hydrogens is 527 g/mol. The summed E-state index contributed by atoms with van der Waals surface area (Å²) in [4.78, 5) is 0. The van der Waals surface area contributed by atoms with E-state index in [9.17, 15) is 0 Å². The van der Waals surface area contributed by atoms with Gasteiger partial charge in [0.1, 0.15) is 0 Å². The Bertz CT molecular complexity index is 720. The Balaban J connectivity index is 0.000000484. The summed E-state index contributed by atoms with van der Waals surface area (Å²) in [6, 6.07) is 13.7. The molecule has 184 valence electrons. The predicted molar refractivity (Wildman–Crippen MR) is 148 cm³/mol. The van der Waals surface area contributed by atoms with Gasteiger partial charge in [-0.3, -0.25) is 0 Å². The Kier molecular flexibility index (Phi) is 12.5. The SMILES string of the molecule is CC(C)(C)c1c[cH-]c(C(C)(C)C)c1.CC(C)(C)c1c[cH-]c(C(C)(C)C)c1.C[Si](C)=[Zr]([Cl])[Cl]. The van der Waals surface area contributed by atoms with Gasteiger partial charge in [0.25, 0.3) is 0 Å². The van der Waals surface area contributed by atoms with Crippen LogP contribution >= 0.6 is 17.0 Å². The van der Waals surface area contributed by atoms with Crippen LogP contribution in [0.5, 0.6) is 0 Å². The van der Waals surface area contributed by atoms with Gasteiger partial charge in [0.2, 0.25) is 0 Å². The zero-order valence-electron chi connectivity index (χ0n) is 23.2. The summed E-state index contributed by atoms with van der Waals surface area (Å²) in [5.41, 5.74) is 6.67. The molecule has 4 heteroatoms. The topological polar surface area (TPSA) is 0 Å². The zero-order chi connectivity index (χ0) is 25.7. The van der Waals surface area contributed by atoms with Gasteiger partial charge in [-0.2, -0.15) is 46.5 Å². The van der Waals surface area contributed by atoms with Crippen molar-refractivity contribution in [2.24, 2.45) is 0 Å². The van der Waals surface area contributed by atoms with Crippen molar-refractivity contribution in [3.63, 3.8) is 0 Å². The van der Waals surface area contributed by atoms with E-state index >= 15 is 0 Å². The molecule has 0 aliphatic carbocycles. The molecule has 2 aromatic carbocycles. The molecule has 0 saturated heterocycles. The third-order valence-electron chi connectivity index (χ3n) is 5.35. The van der Waals surface area contributed by atoms with Gasteiger partial charge in [-0.25, -0.2) is 12.1 Å². The normalized spacial score (nSPS) is 12.4. The first-order chi connectivity index (χ1) is 14.1. The monoisotopic (exact) mass is 572 g/mol. The summed E-state index contributed by atoms with van der Waals surface area (Å²) < 4.78 is 0. The minimum atomic E-state index is -1.65. The maximum absolute atomic E-state index is 5.62. The van der Waals surface area contributed by atoms with Crippen LogP contribution in [0, 0.1) is 0 Å². The average molecular weight is 575 g/mol. The molecule has 0 amide bonds. The summed E-state index contributed by atoms with van der Waals surface area (Å²) in [6.07, 6.45) is 0. The van der Waals surface area contributed by atoms with Gasteiger partial charge in [-0.15, -0.1) is 0 Å². The van der Waals surface area contributed by atoms with Crippen LogP contribution in [0.4, 0.5) is 0 Å². The summed E-state index contributed by atoms with van der Waals surface area (Å²) >= 11 is -1.65. The molecule has 32 heavy (non-hydrogen) atoms. The molecule has 0 aliphatic rings. The van der Waals surface area contributed by atoms with E-state index in [0.29, 0.717) is 0 Å². The van der Waals surface area contributed by atoms with Crippen LogP contribution in [0.15, 0.2) is 36.4 Å². The number of hydrogen-bond acceptors (Lipinski definition) is 0. The fraction of sp³-hybridized carbons (Fsp3) is 0.643. The predicted octanol–water partition coefficient (Wildman–Crippen LogP) is 10.2. The van der Waals surface area contributed by atoms with Crippen molar-refractivity contribution in [1.29, 1.82) is 0 Å². The standard InChI is InChI=1S/2C13H21.C2H6Si.2ClH.Zr/c2*1-12(2,3)10-7-8-11(9-10)13(4,5)6;1-3-2;;;/h2*7-9H,1-6H3;1-2H3;2*1H;/q2*-1;;;;+2/p-2. The van der Waals surface area contributed by atoms with Crippen molar-refractivity contribution in [2.45, 2.75) is 118 Å². The third kappa shape index (κ3) is 12.2. The van der Waals surface area contributed by atoms with E-state index in [1.807, 2.05) is 0 Å². The molecule has 0 heterocycles. The van der Waals surface area contributed by atoms with Gasteiger partial charge in [-0.05, 0) is 10.8 Å². The van der Waals surface area contributed by atoms with E-state index in [0.717, 1.165) is 0 Å². The summed E-state index contributed by atoms with van der Waals surface area (Å²) in [5, 5.41) is 0. The Labute approximate surface area is 215 Å². The van der Waals surface area contributed by atoms with Crippen LogP contribution in [-0.2, 0) is 39.6 Å². The molecule has 2 aromatic rings. The molecule has 0 spiro atoms. The first-order valence-corrected chi connectivity index (χ1v) is 24.1. The van der Waals surface area contributed by atoms with Gasteiger partial charge < -0.3 is 0 Å². The van der Waals surface area contributed by atoms with Gasteiger partial charge >= 0.3 is 53.5 Å². The van der Waals surface area contributed by atoms with E-state index in [-0.39, 0.29) is 27.1 Å². The quantitative estimate of drug-likeness (QED) is 0.217. The van der Waals surface area contributed by atoms with Crippen LogP contribution in [-0.4, -0.2) is 5.43 Å². The Morgan fingerprint density at radius 3 is 0.938 bits per heavy atom. The summed E-state index contributed by atoms with van der Waals surface area (Å²) in [7, 11) is 11.2. The van der Waals surface area contributed by atoms with E-state index in [1.54, 1.807) is 0 Å². The van der Waals surface area contributed by atoms with Crippen molar-refractivity contribution in [1.82, 2.24) is 0 Å². The summed E-state index contributed by atoms with van der Waals surface area (Å²) in [6.45, 7) is 31.4. The first-order valence-electron chi connectivity index (χ1n) is 11.6. The van der Waals surface area contributed by atoms with E-state index in [4.69, 9.17) is 17.0 Å². The van der Waals surface area contributed by atoms with Crippen molar-refractivity contribution >= 4 is 22.5 Å². The molecular formula is C28H48Cl2SiZr-2. The van der Waals surface area contributed by atoms with Gasteiger partial charge in [0.05, 0.1) is 0 Å². The van der Waals surface area contributed by atoms with Crippen LogP contribution in [0.3, 0.4) is 0 Å². The molecule has 0 bridgehead atoms. The summed E-state index contributed by atoms with van der Waals surface area (Å²) in [5.74, 6) is 0. The van der Waals surface area contributed by atoms with Gasteiger partial charge in [-0.1, -0.05) is 93.9 Å². The molecule has 0 saturated carbocycles. The van der Waals surface area contributed by atoms with Crippen molar-refractivity contribution in [3.05, 3.63) is 58.7 Å². The van der Waals surface area contributed by atoms with Crippen LogP contribution in [0.25, 0.3) is 0 Å². The van der Waals surface area contributed by atoms with Gasteiger partial charge in [0, 0.05) is 0 Å². The molecule has 0 radical (unpaired) electrons. The first kappa shape index (κ1) is 32.4. The molecule has 0 unspecified atom stereocenters. The molecule has 0 fully saturated rings. The Morgan fingerprint density at radius 1 is 0.594 bits per heavy atom. The molecule has 0 atom stereocenters. The van der Waals surface area contributed by atoms with Crippen molar-refractivity contribution in [2.75, 3.05) is 0 Å². The fourth-order valence-corrected chi connectivity index (χ4v) is 2.75. The maximum atomic E-state index is 5.62. The molecule has 0 aliphatic heterocycles.